The Bertz CT molecular complexity index is 381. The van der Waals surface area contributed by atoms with Gasteiger partial charge < -0.3 is 10.1 Å². The Hall–Kier alpha value is -0.570. The van der Waals surface area contributed by atoms with E-state index in [1.54, 1.807) is 0 Å². The second kappa shape index (κ2) is 6.55. The minimum absolute atomic E-state index is 0.399. The van der Waals surface area contributed by atoms with Gasteiger partial charge in [0.2, 0.25) is 0 Å². The summed E-state index contributed by atoms with van der Waals surface area (Å²) in [6.45, 7) is 6.21. The highest BCUT2D eigenvalue weighted by molar-refractivity contribution is 6.30. The van der Waals surface area contributed by atoms with Crippen molar-refractivity contribution in [1.82, 2.24) is 5.32 Å². The van der Waals surface area contributed by atoms with Gasteiger partial charge in [-0.1, -0.05) is 37.6 Å². The normalized spacial score (nSPS) is 24.4. The van der Waals surface area contributed by atoms with Crippen LogP contribution in [0.3, 0.4) is 0 Å². The van der Waals surface area contributed by atoms with Gasteiger partial charge in [-0.15, -0.1) is 0 Å². The third-order valence-electron chi connectivity index (χ3n) is 3.54. The molecule has 1 heterocycles. The summed E-state index contributed by atoms with van der Waals surface area (Å²) < 4.78 is 5.78. The molecular weight excluding hydrogens is 246 g/mol. The predicted molar refractivity (Wildman–Crippen MR) is 75.9 cm³/mol. The molecule has 1 aromatic rings. The zero-order valence-corrected chi connectivity index (χ0v) is 11.9. The molecule has 0 aromatic heterocycles. The minimum atomic E-state index is 0.399. The SMILES string of the molecule is CC(C)C1CC(NCc2cccc(Cl)c2)CCO1. The van der Waals surface area contributed by atoms with Gasteiger partial charge in [-0.05, 0) is 36.5 Å². The molecular formula is C15H22ClNO. The average Bonchev–Trinajstić information content (AvgIpc) is 2.37. The first-order valence-electron chi connectivity index (χ1n) is 6.74. The van der Waals surface area contributed by atoms with E-state index in [1.807, 2.05) is 18.2 Å². The number of rotatable bonds is 4. The van der Waals surface area contributed by atoms with Crippen LogP contribution in [0.5, 0.6) is 0 Å². The van der Waals surface area contributed by atoms with Crippen molar-refractivity contribution in [1.29, 1.82) is 0 Å². The van der Waals surface area contributed by atoms with Gasteiger partial charge in [-0.2, -0.15) is 0 Å². The lowest BCUT2D eigenvalue weighted by Crippen LogP contribution is -2.40. The Kier molecular flexibility index (Phi) is 5.04. The molecule has 0 saturated carbocycles. The maximum atomic E-state index is 5.98. The fourth-order valence-corrected chi connectivity index (χ4v) is 2.60. The van der Waals surface area contributed by atoms with Crippen LogP contribution in [-0.2, 0) is 11.3 Å². The summed E-state index contributed by atoms with van der Waals surface area (Å²) in [7, 11) is 0. The standard InChI is InChI=1S/C15H22ClNO/c1-11(2)15-9-14(6-7-18-15)17-10-12-4-3-5-13(16)8-12/h3-5,8,11,14-15,17H,6-7,9-10H2,1-2H3. The van der Waals surface area contributed by atoms with Crippen LogP contribution in [0.4, 0.5) is 0 Å². The van der Waals surface area contributed by atoms with Gasteiger partial charge in [0.25, 0.3) is 0 Å². The number of ether oxygens (including phenoxy) is 1. The van der Waals surface area contributed by atoms with Gasteiger partial charge in [0.1, 0.15) is 0 Å². The Morgan fingerprint density at radius 3 is 3.00 bits per heavy atom. The molecule has 2 atom stereocenters. The summed E-state index contributed by atoms with van der Waals surface area (Å²) in [5, 5.41) is 4.42. The number of nitrogens with one attached hydrogen (secondary N) is 1. The molecule has 1 saturated heterocycles. The van der Waals surface area contributed by atoms with Gasteiger partial charge >= 0.3 is 0 Å². The fraction of sp³-hybridized carbons (Fsp3) is 0.600. The van der Waals surface area contributed by atoms with E-state index in [2.05, 4.69) is 25.2 Å². The van der Waals surface area contributed by atoms with Gasteiger partial charge in [0.15, 0.2) is 0 Å². The van der Waals surface area contributed by atoms with Crippen molar-refractivity contribution in [3.63, 3.8) is 0 Å². The fourth-order valence-electron chi connectivity index (χ4n) is 2.39. The quantitative estimate of drug-likeness (QED) is 0.899. The van der Waals surface area contributed by atoms with E-state index in [1.165, 1.54) is 5.56 Å². The zero-order valence-electron chi connectivity index (χ0n) is 11.2. The second-order valence-electron chi connectivity index (χ2n) is 5.39. The van der Waals surface area contributed by atoms with Crippen molar-refractivity contribution in [2.24, 2.45) is 5.92 Å². The third kappa shape index (κ3) is 3.98. The van der Waals surface area contributed by atoms with E-state index in [-0.39, 0.29) is 0 Å². The van der Waals surface area contributed by atoms with Crippen LogP contribution in [0, 0.1) is 5.92 Å². The van der Waals surface area contributed by atoms with E-state index in [0.29, 0.717) is 18.1 Å². The van der Waals surface area contributed by atoms with Crippen LogP contribution < -0.4 is 5.32 Å². The molecule has 3 heteroatoms. The van der Waals surface area contributed by atoms with Crippen molar-refractivity contribution in [3.05, 3.63) is 34.9 Å². The van der Waals surface area contributed by atoms with E-state index < -0.39 is 0 Å². The molecule has 1 aromatic carbocycles. The van der Waals surface area contributed by atoms with Crippen molar-refractivity contribution < 1.29 is 4.74 Å². The molecule has 1 N–H and O–H groups in total. The highest BCUT2D eigenvalue weighted by atomic mass is 35.5. The van der Waals surface area contributed by atoms with E-state index >= 15 is 0 Å². The molecule has 0 amide bonds. The van der Waals surface area contributed by atoms with E-state index in [0.717, 1.165) is 31.0 Å². The molecule has 1 fully saturated rings. The molecule has 0 aliphatic carbocycles. The topological polar surface area (TPSA) is 21.3 Å². The number of halogens is 1. The Morgan fingerprint density at radius 1 is 1.44 bits per heavy atom. The van der Waals surface area contributed by atoms with Crippen molar-refractivity contribution in [2.45, 2.75) is 45.4 Å². The molecule has 18 heavy (non-hydrogen) atoms. The summed E-state index contributed by atoms with van der Waals surface area (Å²) in [6, 6.07) is 8.60. The molecule has 0 bridgehead atoms. The van der Waals surface area contributed by atoms with Crippen LogP contribution in [0.15, 0.2) is 24.3 Å². The van der Waals surface area contributed by atoms with Crippen LogP contribution in [0.25, 0.3) is 0 Å². The van der Waals surface area contributed by atoms with Crippen LogP contribution in [0.2, 0.25) is 5.02 Å². The first-order valence-corrected chi connectivity index (χ1v) is 7.12. The molecule has 0 radical (unpaired) electrons. The lowest BCUT2D eigenvalue weighted by molar-refractivity contribution is -0.0245. The maximum Gasteiger partial charge on any atom is 0.0612 e. The van der Waals surface area contributed by atoms with Crippen molar-refractivity contribution >= 4 is 11.6 Å². The molecule has 1 aliphatic heterocycles. The first-order chi connectivity index (χ1) is 8.65. The smallest absolute Gasteiger partial charge is 0.0612 e. The second-order valence-corrected chi connectivity index (χ2v) is 5.82. The molecule has 0 spiro atoms. The zero-order chi connectivity index (χ0) is 13.0. The number of hydrogen-bond donors (Lipinski definition) is 1. The van der Waals surface area contributed by atoms with Crippen molar-refractivity contribution in [2.75, 3.05) is 6.61 Å². The summed E-state index contributed by atoms with van der Waals surface area (Å²) in [6.07, 6.45) is 2.61. The van der Waals surface area contributed by atoms with E-state index in [4.69, 9.17) is 16.3 Å². The molecule has 2 rings (SSSR count). The summed E-state index contributed by atoms with van der Waals surface area (Å²) >= 11 is 5.98. The molecule has 100 valence electrons. The lowest BCUT2D eigenvalue weighted by atomic mass is 9.95. The lowest BCUT2D eigenvalue weighted by Gasteiger charge is -2.32. The predicted octanol–water partition coefficient (Wildman–Crippen LogP) is 3.63. The minimum Gasteiger partial charge on any atom is -0.378 e. The van der Waals surface area contributed by atoms with Gasteiger partial charge in [0.05, 0.1) is 6.10 Å². The first kappa shape index (κ1) is 13.9. The number of hydrogen-bond acceptors (Lipinski definition) is 2. The highest BCUT2D eigenvalue weighted by Gasteiger charge is 2.24. The Labute approximate surface area is 115 Å². The highest BCUT2D eigenvalue weighted by Crippen LogP contribution is 2.20. The summed E-state index contributed by atoms with van der Waals surface area (Å²) in [5.74, 6) is 0.598. The van der Waals surface area contributed by atoms with Crippen LogP contribution in [0.1, 0.15) is 32.3 Å². The monoisotopic (exact) mass is 267 g/mol. The Balaban J connectivity index is 1.83. The molecule has 2 nitrogen and oxygen atoms in total. The van der Waals surface area contributed by atoms with Crippen molar-refractivity contribution in [3.8, 4) is 0 Å². The van der Waals surface area contributed by atoms with Gasteiger partial charge in [-0.3, -0.25) is 0 Å². The average molecular weight is 268 g/mol. The summed E-state index contributed by atoms with van der Waals surface area (Å²) in [5.41, 5.74) is 1.25. The maximum absolute atomic E-state index is 5.98. The summed E-state index contributed by atoms with van der Waals surface area (Å²) in [4.78, 5) is 0. The van der Waals surface area contributed by atoms with Gasteiger partial charge in [-0.25, -0.2) is 0 Å². The van der Waals surface area contributed by atoms with Crippen LogP contribution in [-0.4, -0.2) is 18.8 Å². The Morgan fingerprint density at radius 2 is 2.28 bits per heavy atom. The molecule has 2 unspecified atom stereocenters. The van der Waals surface area contributed by atoms with Crippen LogP contribution >= 0.6 is 11.6 Å². The largest absolute Gasteiger partial charge is 0.378 e. The molecule has 1 aliphatic rings. The number of benzene rings is 1. The van der Waals surface area contributed by atoms with E-state index in [9.17, 15) is 0 Å². The van der Waals surface area contributed by atoms with Gasteiger partial charge in [0, 0.05) is 24.2 Å². The third-order valence-corrected chi connectivity index (χ3v) is 3.78.